The smallest absolute Gasteiger partial charge is 0.154 e. The molecule has 0 aliphatic carbocycles. The van der Waals surface area contributed by atoms with Gasteiger partial charge in [0, 0.05) is 18.7 Å². The molecule has 0 saturated heterocycles. The molecule has 5 nitrogen and oxygen atoms in total. The van der Waals surface area contributed by atoms with Crippen molar-refractivity contribution >= 4 is 11.5 Å². The highest BCUT2D eigenvalue weighted by Gasteiger charge is 2.11. The number of aromatic nitrogens is 3. The Morgan fingerprint density at radius 2 is 1.83 bits per heavy atom. The number of nitrogens with one attached hydrogen (secondary N) is 1. The van der Waals surface area contributed by atoms with E-state index >= 15 is 0 Å². The summed E-state index contributed by atoms with van der Waals surface area (Å²) in [5, 5.41) is 8.06. The average molecular weight is 309 g/mol. The van der Waals surface area contributed by atoms with Gasteiger partial charge in [0.1, 0.15) is 5.82 Å². The highest BCUT2D eigenvalue weighted by atomic mass is 15.3. The van der Waals surface area contributed by atoms with Crippen molar-refractivity contribution in [1.82, 2.24) is 14.6 Å². The molecule has 2 aromatic heterocycles. The van der Waals surface area contributed by atoms with E-state index in [1.807, 2.05) is 35.0 Å². The van der Waals surface area contributed by atoms with E-state index in [1.165, 1.54) is 0 Å². The summed E-state index contributed by atoms with van der Waals surface area (Å²) in [5.74, 6) is 0.852. The van der Waals surface area contributed by atoms with E-state index < -0.39 is 0 Å². The third kappa shape index (κ3) is 3.51. The molecule has 0 aliphatic heterocycles. The van der Waals surface area contributed by atoms with Crippen molar-refractivity contribution in [2.75, 3.05) is 11.9 Å². The molecule has 0 bridgehead atoms. The Morgan fingerprint density at radius 3 is 2.48 bits per heavy atom. The SMILES string of the molecule is CC(C)(C)CNc1ccc2ncc(-c3ccc(CN)cc3)n2n1. The first-order valence-electron chi connectivity index (χ1n) is 7.84. The summed E-state index contributed by atoms with van der Waals surface area (Å²) < 4.78 is 1.88. The van der Waals surface area contributed by atoms with Gasteiger partial charge in [-0.2, -0.15) is 0 Å². The van der Waals surface area contributed by atoms with E-state index in [4.69, 9.17) is 5.73 Å². The number of hydrogen-bond donors (Lipinski definition) is 2. The van der Waals surface area contributed by atoms with E-state index in [9.17, 15) is 0 Å². The van der Waals surface area contributed by atoms with Gasteiger partial charge in [0.15, 0.2) is 5.65 Å². The summed E-state index contributed by atoms with van der Waals surface area (Å²) in [7, 11) is 0. The van der Waals surface area contributed by atoms with Crippen LogP contribution in [0.3, 0.4) is 0 Å². The number of nitrogens with zero attached hydrogens (tertiary/aromatic N) is 3. The number of nitrogens with two attached hydrogens (primary N) is 1. The van der Waals surface area contributed by atoms with Gasteiger partial charge in [-0.15, -0.1) is 5.10 Å². The Hall–Kier alpha value is -2.40. The molecule has 120 valence electrons. The van der Waals surface area contributed by atoms with Gasteiger partial charge in [0.05, 0.1) is 11.9 Å². The van der Waals surface area contributed by atoms with Crippen LogP contribution in [-0.4, -0.2) is 21.1 Å². The second kappa shape index (κ2) is 6.01. The zero-order valence-corrected chi connectivity index (χ0v) is 13.9. The van der Waals surface area contributed by atoms with E-state index in [-0.39, 0.29) is 5.41 Å². The second-order valence-corrected chi connectivity index (χ2v) is 6.95. The number of fused-ring (bicyclic) bond motifs is 1. The van der Waals surface area contributed by atoms with Crippen molar-refractivity contribution in [2.24, 2.45) is 11.1 Å². The van der Waals surface area contributed by atoms with Crippen molar-refractivity contribution in [3.05, 3.63) is 48.2 Å². The zero-order valence-electron chi connectivity index (χ0n) is 13.9. The van der Waals surface area contributed by atoms with Gasteiger partial charge in [-0.05, 0) is 23.1 Å². The zero-order chi connectivity index (χ0) is 16.4. The van der Waals surface area contributed by atoms with Gasteiger partial charge in [-0.3, -0.25) is 0 Å². The third-order valence-corrected chi connectivity index (χ3v) is 3.65. The van der Waals surface area contributed by atoms with Crippen LogP contribution in [0.2, 0.25) is 0 Å². The minimum absolute atomic E-state index is 0.201. The van der Waals surface area contributed by atoms with Crippen LogP contribution in [0.4, 0.5) is 5.82 Å². The van der Waals surface area contributed by atoms with Gasteiger partial charge in [-0.1, -0.05) is 45.0 Å². The maximum Gasteiger partial charge on any atom is 0.154 e. The molecule has 3 N–H and O–H groups in total. The van der Waals surface area contributed by atoms with Crippen LogP contribution in [0.5, 0.6) is 0 Å². The van der Waals surface area contributed by atoms with Crippen LogP contribution in [0, 0.1) is 5.41 Å². The molecule has 0 amide bonds. The van der Waals surface area contributed by atoms with E-state index in [1.54, 1.807) is 0 Å². The van der Waals surface area contributed by atoms with Gasteiger partial charge >= 0.3 is 0 Å². The largest absolute Gasteiger partial charge is 0.368 e. The standard InChI is InChI=1S/C18H23N5/c1-18(2,3)12-21-16-8-9-17-20-11-15(23(17)22-16)14-6-4-13(10-19)5-7-14/h4-9,11H,10,12,19H2,1-3H3,(H,21,22). The van der Waals surface area contributed by atoms with E-state index in [2.05, 4.69) is 48.3 Å². The lowest BCUT2D eigenvalue weighted by molar-refractivity contribution is 0.442. The van der Waals surface area contributed by atoms with Crippen molar-refractivity contribution in [1.29, 1.82) is 0 Å². The molecular formula is C18H23N5. The predicted molar refractivity (Wildman–Crippen MR) is 94.3 cm³/mol. The lowest BCUT2D eigenvalue weighted by Gasteiger charge is -2.19. The molecule has 5 heteroatoms. The summed E-state index contributed by atoms with van der Waals surface area (Å²) in [4.78, 5) is 4.44. The lowest BCUT2D eigenvalue weighted by atomic mass is 9.97. The molecule has 23 heavy (non-hydrogen) atoms. The van der Waals surface area contributed by atoms with Crippen molar-refractivity contribution in [2.45, 2.75) is 27.3 Å². The van der Waals surface area contributed by atoms with Crippen LogP contribution >= 0.6 is 0 Å². The van der Waals surface area contributed by atoms with Gasteiger partial charge in [0.25, 0.3) is 0 Å². The summed E-state index contributed by atoms with van der Waals surface area (Å²) >= 11 is 0. The van der Waals surface area contributed by atoms with Crippen molar-refractivity contribution in [3.8, 4) is 11.3 Å². The molecule has 0 spiro atoms. The predicted octanol–water partition coefficient (Wildman–Crippen LogP) is 3.31. The maximum atomic E-state index is 5.66. The number of imidazole rings is 1. The van der Waals surface area contributed by atoms with Crippen LogP contribution in [0.1, 0.15) is 26.3 Å². The number of benzene rings is 1. The Kier molecular flexibility index (Phi) is 4.05. The molecular weight excluding hydrogens is 286 g/mol. The average Bonchev–Trinajstić information content (AvgIpc) is 2.95. The molecule has 3 aromatic rings. The molecule has 2 heterocycles. The molecule has 0 unspecified atom stereocenters. The Bertz CT molecular complexity index is 796. The molecule has 3 rings (SSSR count). The van der Waals surface area contributed by atoms with Crippen LogP contribution in [-0.2, 0) is 6.54 Å². The first-order valence-corrected chi connectivity index (χ1v) is 7.84. The van der Waals surface area contributed by atoms with Gasteiger partial charge in [0.2, 0.25) is 0 Å². The van der Waals surface area contributed by atoms with Crippen LogP contribution in [0.15, 0.2) is 42.6 Å². The fourth-order valence-corrected chi connectivity index (χ4v) is 2.33. The van der Waals surface area contributed by atoms with E-state index in [0.717, 1.165) is 34.8 Å². The Morgan fingerprint density at radius 1 is 1.09 bits per heavy atom. The third-order valence-electron chi connectivity index (χ3n) is 3.65. The lowest BCUT2D eigenvalue weighted by Crippen LogP contribution is -2.20. The molecule has 0 saturated carbocycles. The van der Waals surface area contributed by atoms with E-state index in [0.29, 0.717) is 6.54 Å². The topological polar surface area (TPSA) is 68.2 Å². The highest BCUT2D eigenvalue weighted by Crippen LogP contribution is 2.22. The van der Waals surface area contributed by atoms with Crippen LogP contribution < -0.4 is 11.1 Å². The first kappa shape index (κ1) is 15.5. The fourth-order valence-electron chi connectivity index (χ4n) is 2.33. The number of hydrogen-bond acceptors (Lipinski definition) is 4. The summed E-state index contributed by atoms with van der Waals surface area (Å²) in [6, 6.07) is 12.1. The maximum absolute atomic E-state index is 5.66. The Balaban J connectivity index is 1.94. The molecule has 0 aliphatic rings. The fraction of sp³-hybridized carbons (Fsp3) is 0.333. The minimum atomic E-state index is 0.201. The molecule has 1 aromatic carbocycles. The van der Waals surface area contributed by atoms with Crippen molar-refractivity contribution < 1.29 is 0 Å². The summed E-state index contributed by atoms with van der Waals surface area (Å²) in [6.07, 6.45) is 1.85. The Labute approximate surface area is 136 Å². The number of anilines is 1. The summed E-state index contributed by atoms with van der Waals surface area (Å²) in [6.45, 7) is 7.99. The van der Waals surface area contributed by atoms with Gasteiger partial charge in [-0.25, -0.2) is 9.50 Å². The van der Waals surface area contributed by atoms with Gasteiger partial charge < -0.3 is 11.1 Å². The first-order chi connectivity index (χ1) is 11.0. The second-order valence-electron chi connectivity index (χ2n) is 6.95. The number of rotatable bonds is 4. The molecule has 0 atom stereocenters. The molecule has 0 radical (unpaired) electrons. The monoisotopic (exact) mass is 309 g/mol. The normalized spacial score (nSPS) is 11.8. The highest BCUT2D eigenvalue weighted by molar-refractivity contribution is 5.63. The van der Waals surface area contributed by atoms with Crippen LogP contribution in [0.25, 0.3) is 16.9 Å². The quantitative estimate of drug-likeness (QED) is 0.776. The summed E-state index contributed by atoms with van der Waals surface area (Å²) in [5.41, 5.74) is 9.87. The van der Waals surface area contributed by atoms with Crippen molar-refractivity contribution in [3.63, 3.8) is 0 Å². The minimum Gasteiger partial charge on any atom is -0.368 e. The molecule has 0 fully saturated rings.